The third-order valence-corrected chi connectivity index (χ3v) is 11.1. The molecule has 13 heteroatoms. The number of rotatable bonds is 12. The number of alkyl halides is 3. The molecule has 0 spiro atoms. The van der Waals surface area contributed by atoms with E-state index in [0.29, 0.717) is 45.8 Å². The molecule has 6 heterocycles. The third kappa shape index (κ3) is 9.45. The fourth-order valence-electron chi connectivity index (χ4n) is 7.63. The third-order valence-electron chi connectivity index (χ3n) is 11.1. The number of nitriles is 2. The van der Waals surface area contributed by atoms with Gasteiger partial charge >= 0.3 is 6.18 Å². The number of fused-ring (bicyclic) bond motifs is 2. The second-order valence-corrected chi connectivity index (χ2v) is 15.5. The molecule has 1 saturated carbocycles. The van der Waals surface area contributed by atoms with E-state index >= 15 is 0 Å². The lowest BCUT2D eigenvalue weighted by molar-refractivity contribution is -0.139. The number of nitrogens with zero attached hydrogens (tertiary/aromatic N) is 6. The van der Waals surface area contributed by atoms with Crippen LogP contribution in [0.15, 0.2) is 85.2 Å². The molecule has 3 aliphatic rings. The van der Waals surface area contributed by atoms with Gasteiger partial charge in [-0.05, 0) is 129 Å². The van der Waals surface area contributed by atoms with E-state index in [9.17, 15) is 13.2 Å². The van der Waals surface area contributed by atoms with Crippen LogP contribution in [0.4, 0.5) is 13.2 Å². The maximum Gasteiger partial charge on any atom is 0.392 e. The largest absolute Gasteiger partial charge is 0.477 e. The Kier molecular flexibility index (Phi) is 11.6. The van der Waals surface area contributed by atoms with Gasteiger partial charge < -0.3 is 29.2 Å². The highest BCUT2D eigenvalue weighted by Crippen LogP contribution is 2.36. The van der Waals surface area contributed by atoms with Gasteiger partial charge in [-0.3, -0.25) is 0 Å². The SMILES string of the molecule is N#Cc1ccc(-c2cc3c(ccn3C[C@H]3CCNC3)nc2OCC2CC2)cc1.N#Cc1ccc(-c2cc3c(ccn3C[C@H]3CCNC3)nc2OCCC(F)(F)F)cc1. The molecule has 2 saturated heterocycles. The molecule has 2 aliphatic heterocycles. The number of ether oxygens (including phenoxy) is 2. The van der Waals surface area contributed by atoms with Crippen molar-refractivity contribution in [1.29, 1.82) is 10.5 Å². The summed E-state index contributed by atoms with van der Waals surface area (Å²) in [6.45, 7) is 6.25. The van der Waals surface area contributed by atoms with Gasteiger partial charge in [0.15, 0.2) is 0 Å². The smallest absolute Gasteiger partial charge is 0.392 e. The molecule has 0 radical (unpaired) electrons. The minimum absolute atomic E-state index is 0.164. The molecular weight excluding hydrogens is 742 g/mol. The average Bonchev–Trinajstić information content (AvgIpc) is 3.62. The van der Waals surface area contributed by atoms with E-state index in [1.807, 2.05) is 42.6 Å². The zero-order valence-electron chi connectivity index (χ0n) is 32.1. The Bertz CT molecular complexity index is 2430. The van der Waals surface area contributed by atoms with Crippen LogP contribution in [0.2, 0.25) is 0 Å². The molecule has 58 heavy (non-hydrogen) atoms. The summed E-state index contributed by atoms with van der Waals surface area (Å²) in [6.07, 6.45) is 3.58. The first-order valence-electron chi connectivity index (χ1n) is 20.0. The quantitative estimate of drug-likeness (QED) is 0.127. The van der Waals surface area contributed by atoms with Crippen molar-refractivity contribution in [3.8, 4) is 46.2 Å². The number of aromatic nitrogens is 4. The van der Waals surface area contributed by atoms with Crippen molar-refractivity contribution in [1.82, 2.24) is 29.7 Å². The number of benzene rings is 2. The highest BCUT2D eigenvalue weighted by Gasteiger charge is 2.28. The van der Waals surface area contributed by atoms with Gasteiger partial charge in [-0.15, -0.1) is 0 Å². The fraction of sp³-hybridized carbons (Fsp3) is 0.378. The first kappa shape index (κ1) is 39.0. The second-order valence-electron chi connectivity index (χ2n) is 15.5. The van der Waals surface area contributed by atoms with Crippen molar-refractivity contribution in [3.05, 3.63) is 96.3 Å². The van der Waals surface area contributed by atoms with Crippen LogP contribution >= 0.6 is 0 Å². The lowest BCUT2D eigenvalue weighted by Crippen LogP contribution is -2.14. The van der Waals surface area contributed by atoms with E-state index in [4.69, 9.17) is 25.0 Å². The second kappa shape index (κ2) is 17.3. The topological polar surface area (TPSA) is 126 Å². The minimum Gasteiger partial charge on any atom is -0.477 e. The molecule has 2 N–H and O–H groups in total. The Labute approximate surface area is 335 Å². The van der Waals surface area contributed by atoms with Gasteiger partial charge in [-0.1, -0.05) is 24.3 Å². The monoisotopic (exact) mass is 786 g/mol. The van der Waals surface area contributed by atoms with Gasteiger partial charge in [0, 0.05) is 36.6 Å². The summed E-state index contributed by atoms with van der Waals surface area (Å²) >= 11 is 0. The first-order valence-corrected chi connectivity index (χ1v) is 20.0. The first-order chi connectivity index (χ1) is 28.2. The van der Waals surface area contributed by atoms with Gasteiger partial charge in [0.1, 0.15) is 0 Å². The number of hydrogen-bond acceptors (Lipinski definition) is 8. The fourth-order valence-corrected chi connectivity index (χ4v) is 7.63. The normalized spacial score (nSPS) is 17.8. The van der Waals surface area contributed by atoms with Crippen molar-refractivity contribution < 1.29 is 22.6 Å². The van der Waals surface area contributed by atoms with Gasteiger partial charge in [0.2, 0.25) is 11.8 Å². The summed E-state index contributed by atoms with van der Waals surface area (Å²) in [5.41, 5.74) is 8.26. The average molecular weight is 787 g/mol. The summed E-state index contributed by atoms with van der Waals surface area (Å²) in [6, 6.07) is 26.8. The molecule has 2 atom stereocenters. The van der Waals surface area contributed by atoms with Crippen LogP contribution < -0.4 is 20.1 Å². The highest BCUT2D eigenvalue weighted by atomic mass is 19.4. The zero-order valence-corrected chi connectivity index (χ0v) is 32.1. The van der Waals surface area contributed by atoms with Crippen LogP contribution in [0, 0.1) is 40.4 Å². The molecule has 0 unspecified atom stereocenters. The summed E-state index contributed by atoms with van der Waals surface area (Å²) in [5, 5.41) is 24.9. The van der Waals surface area contributed by atoms with Gasteiger partial charge in [0.25, 0.3) is 0 Å². The predicted molar refractivity (Wildman–Crippen MR) is 216 cm³/mol. The van der Waals surface area contributed by atoms with Crippen LogP contribution in [0.5, 0.6) is 11.8 Å². The Hall–Kier alpha value is -5.89. The van der Waals surface area contributed by atoms with Crippen molar-refractivity contribution >= 4 is 22.1 Å². The molecule has 4 aromatic heterocycles. The van der Waals surface area contributed by atoms with Crippen LogP contribution in [-0.2, 0) is 13.1 Å². The summed E-state index contributed by atoms with van der Waals surface area (Å²) in [5.74, 6) is 2.73. The number of halogens is 3. The molecule has 3 fully saturated rings. The lowest BCUT2D eigenvalue weighted by atomic mass is 10.0. The van der Waals surface area contributed by atoms with Crippen molar-refractivity contribution in [2.75, 3.05) is 39.4 Å². The van der Waals surface area contributed by atoms with E-state index in [0.717, 1.165) is 85.5 Å². The standard InChI is InChI=1S/C23H24N4O.C22H21F3N4O/c24-12-16-3-5-19(6-4-16)20-11-22-21(26-23(20)28-15-17-1-2-17)8-10-27(22)14-18-7-9-25-13-18;23-22(24,25)7-10-30-21-18(17-3-1-15(12-26)2-4-17)11-20-19(28-21)6-9-29(20)14-16-5-8-27-13-16/h3-6,8,10-11,17-18,25H,1-2,7,9,13-15H2;1-4,6,9,11,16,27H,5,7-8,10,13-14H2/t18-;16-/m00/s1. The van der Waals surface area contributed by atoms with Crippen molar-refractivity contribution in [2.45, 2.75) is 51.4 Å². The molecule has 10 nitrogen and oxygen atoms in total. The summed E-state index contributed by atoms with van der Waals surface area (Å²) in [4.78, 5) is 9.38. The molecule has 6 aromatic rings. The molecule has 0 amide bonds. The summed E-state index contributed by atoms with van der Waals surface area (Å²) in [7, 11) is 0. The van der Waals surface area contributed by atoms with Crippen molar-refractivity contribution in [2.24, 2.45) is 17.8 Å². The van der Waals surface area contributed by atoms with Gasteiger partial charge in [-0.25, -0.2) is 9.97 Å². The van der Waals surface area contributed by atoms with Gasteiger partial charge in [-0.2, -0.15) is 23.7 Å². The van der Waals surface area contributed by atoms with Crippen LogP contribution in [-0.4, -0.2) is 64.7 Å². The molecule has 0 bridgehead atoms. The van der Waals surface area contributed by atoms with Gasteiger partial charge in [0.05, 0.1) is 65.0 Å². The maximum atomic E-state index is 12.6. The van der Waals surface area contributed by atoms with E-state index in [-0.39, 0.29) is 5.88 Å². The molecule has 1 aliphatic carbocycles. The van der Waals surface area contributed by atoms with E-state index in [2.05, 4.69) is 55.2 Å². The maximum absolute atomic E-state index is 12.6. The van der Waals surface area contributed by atoms with E-state index in [1.54, 1.807) is 24.3 Å². The molecule has 9 rings (SSSR count). The lowest BCUT2D eigenvalue weighted by Gasteiger charge is -2.15. The van der Waals surface area contributed by atoms with E-state index in [1.165, 1.54) is 19.3 Å². The van der Waals surface area contributed by atoms with Crippen LogP contribution in [0.3, 0.4) is 0 Å². The predicted octanol–water partition coefficient (Wildman–Crippen LogP) is 8.49. The van der Waals surface area contributed by atoms with Crippen LogP contribution in [0.25, 0.3) is 44.3 Å². The molecule has 298 valence electrons. The zero-order chi connectivity index (χ0) is 40.1. The molecular formula is C45H45F3N8O2. The Morgan fingerprint density at radius 3 is 1.55 bits per heavy atom. The Morgan fingerprint density at radius 1 is 0.655 bits per heavy atom. The summed E-state index contributed by atoms with van der Waals surface area (Å²) < 4.78 is 53.8. The van der Waals surface area contributed by atoms with Crippen molar-refractivity contribution in [3.63, 3.8) is 0 Å². The van der Waals surface area contributed by atoms with Crippen LogP contribution in [0.1, 0.15) is 43.2 Å². The number of hydrogen-bond donors (Lipinski definition) is 2. The Balaban J connectivity index is 0.000000162. The Morgan fingerprint density at radius 2 is 1.14 bits per heavy atom. The minimum atomic E-state index is -4.29. The molecule has 2 aromatic carbocycles. The highest BCUT2D eigenvalue weighted by molar-refractivity contribution is 5.86. The number of pyridine rings is 2. The van der Waals surface area contributed by atoms with E-state index < -0.39 is 19.2 Å². The number of nitrogens with one attached hydrogen (secondary N) is 2.